The summed E-state index contributed by atoms with van der Waals surface area (Å²) in [5.74, 6) is 1.41. The second-order valence-corrected chi connectivity index (χ2v) is 8.15. The highest BCUT2D eigenvalue weighted by atomic mass is 32.2. The fourth-order valence-corrected chi connectivity index (χ4v) is 4.70. The first kappa shape index (κ1) is 18.1. The average molecular weight is 377 g/mol. The number of rotatable bonds is 5. The molecule has 1 saturated heterocycles. The molecule has 2 aromatic carbocycles. The standard InChI is InChI=1S/C23H24N2OS/c26-22(17-27-21-10-4-8-20-9-5-13-24-23(20)21)25-14-11-19(12-15-25)16-18-6-2-1-3-7-18/h1-10,13,19H,11-12,14-17H2. The molecule has 1 aliphatic heterocycles. The maximum atomic E-state index is 12.7. The SMILES string of the molecule is O=C(CSc1cccc2cccnc12)N1CCC(Cc2ccccc2)CC1. The first-order valence-corrected chi connectivity index (χ1v) is 10.6. The van der Waals surface area contributed by atoms with Crippen molar-refractivity contribution in [2.24, 2.45) is 5.92 Å². The van der Waals surface area contributed by atoms with Crippen LogP contribution in [-0.4, -0.2) is 34.6 Å². The van der Waals surface area contributed by atoms with E-state index < -0.39 is 0 Å². The van der Waals surface area contributed by atoms with Crippen molar-refractivity contribution in [2.45, 2.75) is 24.2 Å². The molecule has 0 saturated carbocycles. The van der Waals surface area contributed by atoms with E-state index in [4.69, 9.17) is 0 Å². The van der Waals surface area contributed by atoms with E-state index >= 15 is 0 Å². The Morgan fingerprint density at radius 2 is 1.78 bits per heavy atom. The molecule has 4 rings (SSSR count). The number of likely N-dealkylation sites (tertiary alicyclic amines) is 1. The lowest BCUT2D eigenvalue weighted by molar-refractivity contribution is -0.129. The second-order valence-electron chi connectivity index (χ2n) is 7.13. The molecule has 27 heavy (non-hydrogen) atoms. The zero-order valence-electron chi connectivity index (χ0n) is 15.4. The Morgan fingerprint density at radius 1 is 1.00 bits per heavy atom. The summed E-state index contributed by atoms with van der Waals surface area (Å²) in [6, 6.07) is 20.8. The summed E-state index contributed by atoms with van der Waals surface area (Å²) < 4.78 is 0. The van der Waals surface area contributed by atoms with E-state index in [0.29, 0.717) is 11.7 Å². The molecule has 0 aliphatic carbocycles. The van der Waals surface area contributed by atoms with E-state index in [1.807, 2.05) is 23.2 Å². The molecule has 4 heteroatoms. The molecular formula is C23H24N2OS. The van der Waals surface area contributed by atoms with E-state index in [9.17, 15) is 4.79 Å². The van der Waals surface area contributed by atoms with Crippen LogP contribution in [0.2, 0.25) is 0 Å². The third-order valence-corrected chi connectivity index (χ3v) is 6.31. The molecule has 3 aromatic rings. The lowest BCUT2D eigenvalue weighted by Gasteiger charge is -2.32. The summed E-state index contributed by atoms with van der Waals surface area (Å²) in [7, 11) is 0. The normalized spacial score (nSPS) is 15.2. The summed E-state index contributed by atoms with van der Waals surface area (Å²) in [6.07, 6.45) is 5.13. The van der Waals surface area contributed by atoms with Crippen LogP contribution < -0.4 is 0 Å². The fourth-order valence-electron chi connectivity index (χ4n) is 3.76. The Kier molecular flexibility index (Phi) is 5.73. The Balaban J connectivity index is 1.29. The summed E-state index contributed by atoms with van der Waals surface area (Å²) >= 11 is 1.60. The number of hydrogen-bond donors (Lipinski definition) is 0. The summed E-state index contributed by atoms with van der Waals surface area (Å²) in [5, 5.41) is 1.12. The van der Waals surface area contributed by atoms with Gasteiger partial charge in [0, 0.05) is 29.6 Å². The number of carbonyl (C=O) groups is 1. The van der Waals surface area contributed by atoms with Gasteiger partial charge in [-0.1, -0.05) is 48.5 Å². The zero-order chi connectivity index (χ0) is 18.5. The summed E-state index contributed by atoms with van der Waals surface area (Å²) in [6.45, 7) is 1.76. The number of pyridine rings is 1. The highest BCUT2D eigenvalue weighted by Gasteiger charge is 2.23. The molecule has 138 valence electrons. The number of hydrogen-bond acceptors (Lipinski definition) is 3. The monoisotopic (exact) mass is 376 g/mol. The van der Waals surface area contributed by atoms with Crippen LogP contribution in [-0.2, 0) is 11.2 Å². The molecule has 0 unspecified atom stereocenters. The minimum absolute atomic E-state index is 0.242. The minimum atomic E-state index is 0.242. The molecule has 0 spiro atoms. The van der Waals surface area contributed by atoms with E-state index in [1.54, 1.807) is 11.8 Å². The molecule has 0 N–H and O–H groups in total. The highest BCUT2D eigenvalue weighted by Crippen LogP contribution is 2.27. The number of fused-ring (bicyclic) bond motifs is 1. The third kappa shape index (κ3) is 4.51. The van der Waals surface area contributed by atoms with Crippen molar-refractivity contribution < 1.29 is 4.79 Å². The largest absolute Gasteiger partial charge is 0.342 e. The molecule has 1 aliphatic rings. The maximum absolute atomic E-state index is 12.7. The van der Waals surface area contributed by atoms with Gasteiger partial charge in [0.25, 0.3) is 0 Å². The van der Waals surface area contributed by atoms with Crippen LogP contribution in [0.1, 0.15) is 18.4 Å². The van der Waals surface area contributed by atoms with Crippen LogP contribution in [0.15, 0.2) is 71.8 Å². The van der Waals surface area contributed by atoms with Gasteiger partial charge in [-0.3, -0.25) is 9.78 Å². The number of thioether (sulfide) groups is 1. The number of carbonyl (C=O) groups excluding carboxylic acids is 1. The molecule has 0 radical (unpaired) electrons. The number of para-hydroxylation sites is 1. The number of benzene rings is 2. The topological polar surface area (TPSA) is 33.2 Å². The van der Waals surface area contributed by atoms with Gasteiger partial charge in [-0.25, -0.2) is 0 Å². The van der Waals surface area contributed by atoms with Crippen molar-refractivity contribution in [2.75, 3.05) is 18.8 Å². The predicted molar refractivity (Wildman–Crippen MR) is 112 cm³/mol. The Morgan fingerprint density at radius 3 is 2.59 bits per heavy atom. The molecular weight excluding hydrogens is 352 g/mol. The van der Waals surface area contributed by atoms with Crippen molar-refractivity contribution in [1.82, 2.24) is 9.88 Å². The van der Waals surface area contributed by atoms with Gasteiger partial charge < -0.3 is 4.90 Å². The van der Waals surface area contributed by atoms with Gasteiger partial charge in [0.05, 0.1) is 11.3 Å². The molecule has 0 bridgehead atoms. The van der Waals surface area contributed by atoms with Gasteiger partial charge in [-0.05, 0) is 42.9 Å². The van der Waals surface area contributed by atoms with Crippen molar-refractivity contribution >= 4 is 28.6 Å². The second kappa shape index (κ2) is 8.57. The van der Waals surface area contributed by atoms with Gasteiger partial charge in [0.2, 0.25) is 5.91 Å². The van der Waals surface area contributed by atoms with Crippen LogP contribution in [0.25, 0.3) is 10.9 Å². The van der Waals surface area contributed by atoms with Crippen LogP contribution in [0, 0.1) is 5.92 Å². The summed E-state index contributed by atoms with van der Waals surface area (Å²) in [5.41, 5.74) is 2.39. The van der Waals surface area contributed by atoms with E-state index in [0.717, 1.165) is 48.2 Å². The summed E-state index contributed by atoms with van der Waals surface area (Å²) in [4.78, 5) is 20.3. The molecule has 3 nitrogen and oxygen atoms in total. The van der Waals surface area contributed by atoms with Crippen LogP contribution in [0.4, 0.5) is 0 Å². The van der Waals surface area contributed by atoms with Crippen molar-refractivity contribution in [3.8, 4) is 0 Å². The van der Waals surface area contributed by atoms with Gasteiger partial charge in [0.1, 0.15) is 0 Å². The first-order valence-electron chi connectivity index (χ1n) is 9.58. The Hall–Kier alpha value is -2.33. The van der Waals surface area contributed by atoms with E-state index in [1.165, 1.54) is 5.56 Å². The van der Waals surface area contributed by atoms with Crippen molar-refractivity contribution in [3.63, 3.8) is 0 Å². The molecule has 1 aromatic heterocycles. The fraction of sp³-hybridized carbons (Fsp3) is 0.304. The van der Waals surface area contributed by atoms with Crippen LogP contribution >= 0.6 is 11.8 Å². The number of aromatic nitrogens is 1. The lowest BCUT2D eigenvalue weighted by Crippen LogP contribution is -2.39. The van der Waals surface area contributed by atoms with Crippen LogP contribution in [0.3, 0.4) is 0 Å². The van der Waals surface area contributed by atoms with Crippen molar-refractivity contribution in [3.05, 3.63) is 72.4 Å². The predicted octanol–water partition coefficient (Wildman–Crippen LogP) is 4.81. The van der Waals surface area contributed by atoms with E-state index in [-0.39, 0.29) is 5.91 Å². The number of amides is 1. The van der Waals surface area contributed by atoms with Crippen molar-refractivity contribution in [1.29, 1.82) is 0 Å². The Bertz CT molecular complexity index is 899. The highest BCUT2D eigenvalue weighted by molar-refractivity contribution is 8.00. The average Bonchev–Trinajstić information content (AvgIpc) is 2.73. The number of piperidine rings is 1. The van der Waals surface area contributed by atoms with Gasteiger partial charge in [-0.15, -0.1) is 11.8 Å². The Labute approximate surface area is 164 Å². The molecule has 1 amide bonds. The van der Waals surface area contributed by atoms with Gasteiger partial charge >= 0.3 is 0 Å². The smallest absolute Gasteiger partial charge is 0.232 e. The molecule has 2 heterocycles. The van der Waals surface area contributed by atoms with Gasteiger partial charge in [-0.2, -0.15) is 0 Å². The molecule has 0 atom stereocenters. The lowest BCUT2D eigenvalue weighted by atomic mass is 9.90. The minimum Gasteiger partial charge on any atom is -0.342 e. The number of nitrogens with zero attached hydrogens (tertiary/aromatic N) is 2. The quantitative estimate of drug-likeness (QED) is 0.599. The third-order valence-electron chi connectivity index (χ3n) is 5.28. The zero-order valence-corrected chi connectivity index (χ0v) is 16.2. The maximum Gasteiger partial charge on any atom is 0.232 e. The molecule has 1 fully saturated rings. The van der Waals surface area contributed by atoms with Gasteiger partial charge in [0.15, 0.2) is 0 Å². The first-order chi connectivity index (χ1) is 13.3. The van der Waals surface area contributed by atoms with E-state index in [2.05, 4.69) is 53.5 Å². The van der Waals surface area contributed by atoms with Crippen LogP contribution in [0.5, 0.6) is 0 Å².